The van der Waals surface area contributed by atoms with Crippen LogP contribution in [0.4, 0.5) is 5.95 Å². The van der Waals surface area contributed by atoms with Crippen molar-refractivity contribution in [2.75, 3.05) is 5.32 Å². The fourth-order valence-electron chi connectivity index (χ4n) is 1.37. The summed E-state index contributed by atoms with van der Waals surface area (Å²) in [6.45, 7) is 0.509. The van der Waals surface area contributed by atoms with Crippen molar-refractivity contribution in [3.63, 3.8) is 0 Å². The van der Waals surface area contributed by atoms with E-state index >= 15 is 0 Å². The van der Waals surface area contributed by atoms with Gasteiger partial charge in [0.25, 0.3) is 0 Å². The van der Waals surface area contributed by atoms with Gasteiger partial charge in [-0.1, -0.05) is 12.1 Å². The lowest BCUT2D eigenvalue weighted by atomic mass is 10.2. The predicted octanol–water partition coefficient (Wildman–Crippen LogP) is 0.736. The van der Waals surface area contributed by atoms with E-state index in [0.29, 0.717) is 12.5 Å². The molecule has 2 rings (SSSR count). The Labute approximate surface area is 105 Å². The van der Waals surface area contributed by atoms with Crippen LogP contribution >= 0.6 is 0 Å². The molecule has 7 heteroatoms. The maximum absolute atomic E-state index is 11.1. The first-order valence-corrected chi connectivity index (χ1v) is 6.73. The lowest BCUT2D eigenvalue weighted by Crippen LogP contribution is -2.12. The van der Waals surface area contributed by atoms with Gasteiger partial charge in [-0.15, -0.1) is 0 Å². The molecule has 0 unspecified atom stereocenters. The summed E-state index contributed by atoms with van der Waals surface area (Å²) < 4.78 is 22.1. The van der Waals surface area contributed by atoms with Crippen molar-refractivity contribution in [2.45, 2.75) is 11.4 Å². The number of hydrogen-bond donors (Lipinski definition) is 2. The van der Waals surface area contributed by atoms with Crippen LogP contribution in [0.5, 0.6) is 0 Å². The first-order chi connectivity index (χ1) is 8.55. The van der Waals surface area contributed by atoms with Gasteiger partial charge in [0, 0.05) is 18.9 Å². The van der Waals surface area contributed by atoms with Gasteiger partial charge in [-0.2, -0.15) is 0 Å². The lowest BCUT2D eigenvalue weighted by Gasteiger charge is -2.05. The summed E-state index contributed by atoms with van der Waals surface area (Å²) in [5.41, 5.74) is 0.912. The molecule has 0 aliphatic heterocycles. The largest absolute Gasteiger partial charge is 0.350 e. The van der Waals surface area contributed by atoms with E-state index in [4.69, 9.17) is 5.14 Å². The summed E-state index contributed by atoms with van der Waals surface area (Å²) in [4.78, 5) is 8.12. The number of primary sulfonamides is 1. The van der Waals surface area contributed by atoms with Crippen LogP contribution in [0.1, 0.15) is 5.56 Å². The first kappa shape index (κ1) is 12.5. The number of aromatic nitrogens is 2. The molecule has 0 aliphatic rings. The van der Waals surface area contributed by atoms with Crippen molar-refractivity contribution in [3.8, 4) is 0 Å². The van der Waals surface area contributed by atoms with E-state index in [2.05, 4.69) is 15.3 Å². The topological polar surface area (TPSA) is 98.0 Å². The molecular formula is C11H12N4O2S. The molecule has 0 fully saturated rings. The second-order valence-corrected chi connectivity index (χ2v) is 5.18. The molecule has 1 aromatic carbocycles. The van der Waals surface area contributed by atoms with Crippen molar-refractivity contribution < 1.29 is 8.42 Å². The number of nitrogens with one attached hydrogen (secondary N) is 1. The predicted molar refractivity (Wildman–Crippen MR) is 67.2 cm³/mol. The van der Waals surface area contributed by atoms with E-state index in [-0.39, 0.29) is 4.90 Å². The van der Waals surface area contributed by atoms with E-state index in [1.54, 1.807) is 30.6 Å². The Bertz CT molecular complexity index is 611. The number of hydrogen-bond acceptors (Lipinski definition) is 5. The Morgan fingerprint density at radius 3 is 2.28 bits per heavy atom. The highest BCUT2D eigenvalue weighted by Gasteiger charge is 2.06. The first-order valence-electron chi connectivity index (χ1n) is 5.18. The van der Waals surface area contributed by atoms with Gasteiger partial charge in [-0.25, -0.2) is 23.5 Å². The normalized spacial score (nSPS) is 11.2. The van der Waals surface area contributed by atoms with Gasteiger partial charge in [0.1, 0.15) is 0 Å². The molecule has 0 spiro atoms. The molecule has 2 aromatic rings. The Morgan fingerprint density at radius 2 is 1.72 bits per heavy atom. The van der Waals surface area contributed by atoms with Gasteiger partial charge in [-0.05, 0) is 23.8 Å². The Balaban J connectivity index is 2.03. The van der Waals surface area contributed by atoms with Gasteiger partial charge in [0.2, 0.25) is 16.0 Å². The Kier molecular flexibility index (Phi) is 3.54. The summed E-state index contributed by atoms with van der Waals surface area (Å²) in [5, 5.41) is 8.02. The zero-order valence-corrected chi connectivity index (χ0v) is 10.3. The second kappa shape index (κ2) is 5.11. The lowest BCUT2D eigenvalue weighted by molar-refractivity contribution is 0.598. The van der Waals surface area contributed by atoms with E-state index < -0.39 is 10.0 Å². The minimum Gasteiger partial charge on any atom is -0.350 e. The van der Waals surface area contributed by atoms with Gasteiger partial charge in [0.05, 0.1) is 4.90 Å². The minimum absolute atomic E-state index is 0.0993. The average molecular weight is 264 g/mol. The maximum Gasteiger partial charge on any atom is 0.238 e. The van der Waals surface area contributed by atoms with E-state index in [1.807, 2.05) is 0 Å². The molecule has 1 heterocycles. The molecule has 18 heavy (non-hydrogen) atoms. The summed E-state index contributed by atoms with van der Waals surface area (Å²) in [6, 6.07) is 8.05. The zero-order valence-electron chi connectivity index (χ0n) is 9.45. The van der Waals surface area contributed by atoms with Crippen molar-refractivity contribution in [3.05, 3.63) is 48.3 Å². The van der Waals surface area contributed by atoms with Crippen molar-refractivity contribution in [2.24, 2.45) is 5.14 Å². The highest BCUT2D eigenvalue weighted by molar-refractivity contribution is 7.89. The van der Waals surface area contributed by atoms with Crippen LogP contribution in [0, 0.1) is 0 Å². The van der Waals surface area contributed by atoms with Gasteiger partial charge in [0.15, 0.2) is 0 Å². The van der Waals surface area contributed by atoms with Crippen LogP contribution in [0.2, 0.25) is 0 Å². The third-order valence-electron chi connectivity index (χ3n) is 2.27. The Hall–Kier alpha value is -1.99. The Morgan fingerprint density at radius 1 is 1.11 bits per heavy atom. The quantitative estimate of drug-likeness (QED) is 0.848. The third-order valence-corrected chi connectivity index (χ3v) is 3.20. The SMILES string of the molecule is NS(=O)(=O)c1ccc(CNc2ncccn2)cc1. The number of nitrogens with zero attached hydrogens (tertiary/aromatic N) is 2. The van der Waals surface area contributed by atoms with Crippen molar-refractivity contribution >= 4 is 16.0 Å². The highest BCUT2D eigenvalue weighted by atomic mass is 32.2. The van der Waals surface area contributed by atoms with Crippen LogP contribution < -0.4 is 10.5 Å². The third kappa shape index (κ3) is 3.25. The molecule has 94 valence electrons. The van der Waals surface area contributed by atoms with E-state index in [1.165, 1.54) is 12.1 Å². The molecule has 0 saturated carbocycles. The molecule has 0 atom stereocenters. The molecule has 0 aliphatic carbocycles. The molecular weight excluding hydrogens is 252 g/mol. The fourth-order valence-corrected chi connectivity index (χ4v) is 1.88. The number of nitrogens with two attached hydrogens (primary N) is 1. The highest BCUT2D eigenvalue weighted by Crippen LogP contribution is 2.09. The maximum atomic E-state index is 11.1. The molecule has 0 amide bonds. The standard InChI is InChI=1S/C11H12N4O2S/c12-18(16,17)10-4-2-9(3-5-10)8-15-11-13-6-1-7-14-11/h1-7H,8H2,(H2,12,16,17)(H,13,14,15). The van der Waals surface area contributed by atoms with Crippen LogP contribution in [-0.2, 0) is 16.6 Å². The summed E-state index contributed by atoms with van der Waals surface area (Å²) >= 11 is 0. The van der Waals surface area contributed by atoms with E-state index in [0.717, 1.165) is 5.56 Å². The molecule has 0 bridgehead atoms. The minimum atomic E-state index is -3.63. The van der Waals surface area contributed by atoms with Gasteiger partial charge < -0.3 is 5.32 Å². The van der Waals surface area contributed by atoms with Gasteiger partial charge in [-0.3, -0.25) is 0 Å². The van der Waals surface area contributed by atoms with Crippen molar-refractivity contribution in [1.29, 1.82) is 0 Å². The summed E-state index contributed by atoms with van der Waals surface area (Å²) in [5.74, 6) is 0.521. The van der Waals surface area contributed by atoms with Crippen LogP contribution in [0.15, 0.2) is 47.6 Å². The molecule has 6 nitrogen and oxygen atoms in total. The molecule has 0 radical (unpaired) electrons. The van der Waals surface area contributed by atoms with E-state index in [9.17, 15) is 8.42 Å². The van der Waals surface area contributed by atoms with Crippen LogP contribution in [0.25, 0.3) is 0 Å². The zero-order chi connectivity index (χ0) is 13.0. The average Bonchev–Trinajstić information content (AvgIpc) is 2.37. The summed E-state index contributed by atoms with van der Waals surface area (Å²) in [6.07, 6.45) is 3.28. The number of sulfonamides is 1. The monoisotopic (exact) mass is 264 g/mol. The molecule has 0 saturated heterocycles. The number of benzene rings is 1. The fraction of sp³-hybridized carbons (Fsp3) is 0.0909. The number of rotatable bonds is 4. The smallest absolute Gasteiger partial charge is 0.238 e. The van der Waals surface area contributed by atoms with Crippen LogP contribution in [-0.4, -0.2) is 18.4 Å². The molecule has 1 aromatic heterocycles. The van der Waals surface area contributed by atoms with Gasteiger partial charge >= 0.3 is 0 Å². The van der Waals surface area contributed by atoms with Crippen molar-refractivity contribution in [1.82, 2.24) is 9.97 Å². The van der Waals surface area contributed by atoms with Crippen LogP contribution in [0.3, 0.4) is 0 Å². The second-order valence-electron chi connectivity index (χ2n) is 3.61. The summed E-state index contributed by atoms with van der Waals surface area (Å²) in [7, 11) is -3.63. The number of anilines is 1. The molecule has 3 N–H and O–H groups in total.